The van der Waals surface area contributed by atoms with Crippen LogP contribution in [0.1, 0.15) is 78.4 Å². The number of rotatable bonds is 31. The zero-order chi connectivity index (χ0) is 54.9. The molecule has 3 heterocycles. The maximum absolute atomic E-state index is 12.8. The molecule has 1 saturated heterocycles. The summed E-state index contributed by atoms with van der Waals surface area (Å²) in [5.41, 5.74) is 4.22. The number of nitrogens with zero attached hydrogens (tertiary/aromatic N) is 4. The van der Waals surface area contributed by atoms with E-state index in [2.05, 4.69) is 40.5 Å². The molecule has 74 heavy (non-hydrogen) atoms. The lowest BCUT2D eigenvalue weighted by Gasteiger charge is -2.30. The van der Waals surface area contributed by atoms with Gasteiger partial charge in [0.05, 0.1) is 31.7 Å². The number of aromatic nitrogens is 4. The summed E-state index contributed by atoms with van der Waals surface area (Å²) < 4.78 is 62.5. The second-order valence-corrected chi connectivity index (χ2v) is 23.1. The van der Waals surface area contributed by atoms with Gasteiger partial charge in [-0.2, -0.15) is 4.31 Å². The van der Waals surface area contributed by atoms with Gasteiger partial charge in [-0.15, -0.1) is 0 Å². The molecule has 2 aromatic heterocycles. The molecule has 1 aliphatic heterocycles. The molecule has 0 aromatic carbocycles. The minimum atomic E-state index is -5.61. The van der Waals surface area contributed by atoms with Gasteiger partial charge in [0.15, 0.2) is 22.8 Å². The Balaban J connectivity index is 1.11. The van der Waals surface area contributed by atoms with Gasteiger partial charge in [-0.1, -0.05) is 81.1 Å². The molecule has 414 valence electrons. The number of anilines is 1. The van der Waals surface area contributed by atoms with E-state index < -0.39 is 109 Å². The largest absolute Gasteiger partial charge is 0.481 e. The lowest BCUT2D eigenvalue weighted by Crippen LogP contribution is -2.46. The number of hydrogen-bond donors (Lipinski definition) is 11. The number of aliphatic hydroxyl groups is 4. The van der Waals surface area contributed by atoms with Gasteiger partial charge in [0.1, 0.15) is 42.0 Å². The number of aliphatic hydroxyl groups excluding tert-OH is 4. The molecule has 27 nitrogen and oxygen atoms in total. The first-order valence-electron chi connectivity index (χ1n) is 23.3. The predicted octanol–water partition coefficient (Wildman–Crippen LogP) is 2.18. The average molecular weight is 1130 g/mol. The number of phosphoric acid groups is 3. The van der Waals surface area contributed by atoms with Crippen LogP contribution in [0.25, 0.3) is 11.2 Å². The number of nitrogen functional groups attached to an aromatic ring is 1. The lowest BCUT2D eigenvalue weighted by atomic mass is 9.87. The quantitative estimate of drug-likeness (QED) is 0.0293. The standard InChI is InChI=1S/C43H66N7O20P3S/c1-4-5-6-7-8-10-13-27(51)16-17-29-28(30(52)22-31(29)53)14-11-9-12-15-34(55)74-21-20-45-33(54)18-19-46-41(58)38(57)43(2,3)24-67-73(64,65)70-72(62,63)66-23-32-37(69-71(59,60)61)36(56)42(68-32)50-26-49-35-39(44)47-25-48-40(35)50/h5-6,8-11,16-17,25-29,31-32,36-38,42,51,53,56-57H,4,7,12-15,18-24H2,1-3H3,(H,45,54)(H,46,58)(H,62,63)(H,64,65)(H2,44,47,48)(H2,59,60,61)/b6-5+,10-8+,11-9+,17-16+. The van der Waals surface area contributed by atoms with E-state index in [1.807, 2.05) is 31.2 Å². The number of amides is 2. The first-order chi connectivity index (χ1) is 34.7. The van der Waals surface area contributed by atoms with Crippen LogP contribution >= 0.6 is 35.2 Å². The minimum absolute atomic E-state index is 0.0187. The van der Waals surface area contributed by atoms with Crippen molar-refractivity contribution in [1.29, 1.82) is 0 Å². The van der Waals surface area contributed by atoms with Gasteiger partial charge in [-0.3, -0.25) is 37.3 Å². The van der Waals surface area contributed by atoms with Crippen LogP contribution in [-0.4, -0.2) is 151 Å². The summed E-state index contributed by atoms with van der Waals surface area (Å²) in [6.07, 6.45) is 9.38. The van der Waals surface area contributed by atoms with Crippen LogP contribution in [0.3, 0.4) is 0 Å². The molecule has 11 unspecified atom stereocenters. The Hall–Kier alpha value is -3.89. The number of imidazole rings is 1. The normalized spacial score (nSPS) is 24.3. The van der Waals surface area contributed by atoms with Crippen molar-refractivity contribution in [2.45, 2.75) is 115 Å². The van der Waals surface area contributed by atoms with Crippen LogP contribution in [0.15, 0.2) is 61.3 Å². The number of ketones is 1. The number of hydrogen-bond acceptors (Lipinski definition) is 21. The fourth-order valence-electron chi connectivity index (χ4n) is 7.46. The average Bonchev–Trinajstić information content (AvgIpc) is 3.97. The van der Waals surface area contributed by atoms with E-state index in [9.17, 15) is 72.9 Å². The van der Waals surface area contributed by atoms with E-state index in [4.69, 9.17) is 19.5 Å². The minimum Gasteiger partial charge on any atom is -0.392 e. The van der Waals surface area contributed by atoms with Crippen molar-refractivity contribution in [1.82, 2.24) is 30.2 Å². The van der Waals surface area contributed by atoms with Crippen molar-refractivity contribution in [2.24, 2.45) is 17.3 Å². The van der Waals surface area contributed by atoms with Crippen molar-refractivity contribution in [3.8, 4) is 0 Å². The monoisotopic (exact) mass is 1130 g/mol. The van der Waals surface area contributed by atoms with E-state index >= 15 is 0 Å². The van der Waals surface area contributed by atoms with Crippen molar-refractivity contribution < 1.29 is 95.5 Å². The van der Waals surface area contributed by atoms with Gasteiger partial charge in [0.25, 0.3) is 0 Å². The molecule has 2 amide bonds. The molecule has 0 bridgehead atoms. The predicted molar refractivity (Wildman–Crippen MR) is 266 cm³/mol. The number of nitrogens with two attached hydrogens (primary N) is 1. The summed E-state index contributed by atoms with van der Waals surface area (Å²) in [7, 11) is -16.5. The van der Waals surface area contributed by atoms with Gasteiger partial charge < -0.3 is 61.1 Å². The second kappa shape index (κ2) is 29.0. The van der Waals surface area contributed by atoms with Crippen molar-refractivity contribution in [3.63, 3.8) is 0 Å². The van der Waals surface area contributed by atoms with E-state index in [0.29, 0.717) is 19.3 Å². The van der Waals surface area contributed by atoms with Gasteiger partial charge in [0, 0.05) is 55.4 Å². The SMILES string of the molecule is CC/C=C/C/C=C/CC(O)/C=C/C1C(O)CC(=O)C1C/C=C/CCC(=O)SCCNC(=O)CCNC(=O)C(O)C(C)(C)COP(=O)(O)OP(=O)(O)OCC1OC(n2cnc3c(N)ncnc32)C(O)C1OP(=O)(O)O. The summed E-state index contributed by atoms with van der Waals surface area (Å²) in [6.45, 7) is 2.34. The maximum atomic E-state index is 12.8. The van der Waals surface area contributed by atoms with E-state index in [1.165, 1.54) is 13.8 Å². The third-order valence-electron chi connectivity index (χ3n) is 11.3. The third kappa shape index (κ3) is 20.2. The number of phosphoric ester groups is 3. The highest BCUT2D eigenvalue weighted by molar-refractivity contribution is 8.13. The molecule has 12 N–H and O–H groups in total. The highest BCUT2D eigenvalue weighted by Crippen LogP contribution is 2.61. The van der Waals surface area contributed by atoms with Crippen LogP contribution in [-0.2, 0) is 55.5 Å². The molecular weight excluding hydrogens is 1060 g/mol. The summed E-state index contributed by atoms with van der Waals surface area (Å²) >= 11 is 1.01. The highest BCUT2D eigenvalue weighted by atomic mass is 32.2. The molecule has 31 heteroatoms. The Labute approximate surface area is 430 Å². The molecule has 11 atom stereocenters. The number of Topliss-reactive ketones (excluding diaryl/α,β-unsaturated/α-hetero) is 1. The van der Waals surface area contributed by atoms with Crippen molar-refractivity contribution in [3.05, 3.63) is 61.3 Å². The number of carbonyl (C=O) groups excluding carboxylic acids is 4. The maximum Gasteiger partial charge on any atom is 0.481 e. The fraction of sp³-hybridized carbons (Fsp3) is 0.605. The van der Waals surface area contributed by atoms with Crippen LogP contribution in [0, 0.1) is 17.3 Å². The summed E-state index contributed by atoms with van der Waals surface area (Å²) in [5.74, 6) is -2.22. The van der Waals surface area contributed by atoms with Crippen LogP contribution in [0.4, 0.5) is 5.82 Å². The number of thioether (sulfide) groups is 1. The Bertz CT molecular complexity index is 2490. The van der Waals surface area contributed by atoms with Crippen LogP contribution in [0.2, 0.25) is 0 Å². The molecule has 2 aromatic rings. The molecule has 2 aliphatic rings. The summed E-state index contributed by atoms with van der Waals surface area (Å²) in [6, 6.07) is 0. The number of allylic oxidation sites excluding steroid dienone is 5. The molecule has 1 saturated carbocycles. The number of carbonyl (C=O) groups is 4. The number of nitrogens with one attached hydrogen (secondary N) is 2. The Morgan fingerprint density at radius 1 is 0.973 bits per heavy atom. The van der Waals surface area contributed by atoms with Gasteiger partial charge in [-0.05, 0) is 32.1 Å². The lowest BCUT2D eigenvalue weighted by molar-refractivity contribution is -0.137. The van der Waals surface area contributed by atoms with Gasteiger partial charge in [0.2, 0.25) is 11.8 Å². The van der Waals surface area contributed by atoms with Crippen LogP contribution in [0.5, 0.6) is 0 Å². The Kier molecular flexibility index (Phi) is 24.6. The number of fused-ring (bicyclic) bond motifs is 1. The van der Waals surface area contributed by atoms with Crippen LogP contribution < -0.4 is 16.4 Å². The van der Waals surface area contributed by atoms with Gasteiger partial charge >= 0.3 is 23.5 Å². The molecule has 2 fully saturated rings. The van der Waals surface area contributed by atoms with Crippen molar-refractivity contribution in [2.75, 3.05) is 37.8 Å². The van der Waals surface area contributed by atoms with Crippen molar-refractivity contribution >= 4 is 74.9 Å². The first-order valence-corrected chi connectivity index (χ1v) is 28.8. The molecule has 0 spiro atoms. The smallest absolute Gasteiger partial charge is 0.392 e. The molecular formula is C43H66N7O20P3S. The zero-order valence-corrected chi connectivity index (χ0v) is 44.3. The topological polar surface area (TPSA) is 421 Å². The third-order valence-corrected chi connectivity index (χ3v) is 15.4. The second-order valence-electron chi connectivity index (χ2n) is 17.7. The summed E-state index contributed by atoms with van der Waals surface area (Å²) in [5, 5.41) is 47.2. The van der Waals surface area contributed by atoms with E-state index in [0.717, 1.165) is 41.8 Å². The zero-order valence-electron chi connectivity index (χ0n) is 40.8. The fourth-order valence-corrected chi connectivity index (χ4v) is 11.0. The molecule has 4 rings (SSSR count). The van der Waals surface area contributed by atoms with E-state index in [-0.39, 0.29) is 66.0 Å². The van der Waals surface area contributed by atoms with Gasteiger partial charge in [-0.25, -0.2) is 28.6 Å². The highest BCUT2D eigenvalue weighted by Gasteiger charge is 2.50. The Morgan fingerprint density at radius 2 is 1.69 bits per heavy atom. The number of ether oxygens (including phenoxy) is 1. The molecule has 0 radical (unpaired) electrons. The molecule has 1 aliphatic carbocycles. The summed E-state index contributed by atoms with van der Waals surface area (Å²) in [4.78, 5) is 101. The first kappa shape index (κ1) is 62.6. The Morgan fingerprint density at radius 3 is 2.41 bits per heavy atom. The van der Waals surface area contributed by atoms with E-state index in [1.54, 1.807) is 18.2 Å².